The lowest BCUT2D eigenvalue weighted by atomic mass is 9.97. The number of rotatable bonds is 11. The highest BCUT2D eigenvalue weighted by Crippen LogP contribution is 2.33. The molecule has 0 bridgehead atoms. The van der Waals surface area contributed by atoms with Gasteiger partial charge >= 0.3 is 0 Å². The molecule has 0 amide bonds. The summed E-state index contributed by atoms with van der Waals surface area (Å²) >= 11 is 0. The van der Waals surface area contributed by atoms with Crippen molar-refractivity contribution in [1.82, 2.24) is 0 Å². The molecule has 0 aromatic heterocycles. The van der Waals surface area contributed by atoms with Gasteiger partial charge in [0.05, 0.1) is 26.4 Å². The molecule has 4 fully saturated rings. The molecule has 264 valence electrons. The third kappa shape index (κ3) is 7.59. The van der Waals surface area contributed by atoms with Crippen molar-refractivity contribution >= 4 is 0 Å². The molecule has 20 atom stereocenters. The standard InChI is InChI=1S/C24H42O21/c25-1-5(28)18-17(37)20(45-22-15(35)12(32)9(29)7(3-27)41-22)24(43-18)39-4-8-11(31)13(33)16(36)23(42-8)44-19-14(34)10(30)6(2-26)40-21(19)38/h5-38H,1-4H2/t5-,6-,7-,8-,9-,10-,11-,12+,13+,14+,15-,16+,17+,18+,19+,20-,21+,22-,23-,24-/m1/s1. The van der Waals surface area contributed by atoms with Crippen LogP contribution in [-0.4, -0.2) is 221 Å². The molecule has 21 heteroatoms. The van der Waals surface area contributed by atoms with Crippen molar-refractivity contribution in [3.05, 3.63) is 0 Å². The Hall–Kier alpha value is -0.840. The Balaban J connectivity index is 1.46. The van der Waals surface area contributed by atoms with Crippen LogP contribution in [0.2, 0.25) is 0 Å². The summed E-state index contributed by atoms with van der Waals surface area (Å²) in [5.41, 5.74) is 0. The Labute approximate surface area is 254 Å². The largest absolute Gasteiger partial charge is 0.394 e. The molecule has 4 rings (SSSR count). The van der Waals surface area contributed by atoms with Gasteiger partial charge < -0.3 is 105 Å². The van der Waals surface area contributed by atoms with Gasteiger partial charge in [-0.2, -0.15) is 0 Å². The molecular weight excluding hydrogens is 624 g/mol. The molecule has 4 aliphatic rings. The molecule has 4 heterocycles. The number of ether oxygens (including phenoxy) is 7. The summed E-state index contributed by atoms with van der Waals surface area (Å²) < 4.78 is 37.8. The van der Waals surface area contributed by atoms with E-state index < -0.39 is 149 Å². The lowest BCUT2D eigenvalue weighted by molar-refractivity contribution is -0.365. The van der Waals surface area contributed by atoms with E-state index in [9.17, 15) is 71.5 Å². The molecule has 0 aromatic carbocycles. The van der Waals surface area contributed by atoms with Crippen LogP contribution in [0.15, 0.2) is 0 Å². The van der Waals surface area contributed by atoms with Crippen molar-refractivity contribution in [3.8, 4) is 0 Å². The van der Waals surface area contributed by atoms with E-state index in [1.54, 1.807) is 0 Å². The van der Waals surface area contributed by atoms with Gasteiger partial charge in [0.2, 0.25) is 0 Å². The van der Waals surface area contributed by atoms with Crippen LogP contribution in [0.25, 0.3) is 0 Å². The zero-order valence-electron chi connectivity index (χ0n) is 23.5. The van der Waals surface area contributed by atoms with Crippen LogP contribution in [-0.2, 0) is 33.2 Å². The van der Waals surface area contributed by atoms with E-state index in [0.29, 0.717) is 0 Å². The lowest BCUT2D eigenvalue weighted by Crippen LogP contribution is -2.64. The second-order valence-electron chi connectivity index (χ2n) is 11.2. The zero-order valence-corrected chi connectivity index (χ0v) is 23.5. The van der Waals surface area contributed by atoms with Crippen LogP contribution in [0.3, 0.4) is 0 Å². The number of aliphatic hydroxyl groups excluding tert-OH is 14. The van der Waals surface area contributed by atoms with Gasteiger partial charge in [0, 0.05) is 0 Å². The molecule has 4 aliphatic heterocycles. The minimum Gasteiger partial charge on any atom is -0.394 e. The molecule has 0 aliphatic carbocycles. The predicted molar refractivity (Wildman–Crippen MR) is 134 cm³/mol. The predicted octanol–water partition coefficient (Wildman–Crippen LogP) is -9.75. The van der Waals surface area contributed by atoms with Crippen molar-refractivity contribution in [2.45, 2.75) is 123 Å². The van der Waals surface area contributed by atoms with Crippen molar-refractivity contribution in [2.24, 2.45) is 0 Å². The maximum absolute atomic E-state index is 10.8. The maximum atomic E-state index is 10.8. The average molecular weight is 667 g/mol. The number of hydrogen-bond acceptors (Lipinski definition) is 21. The Morgan fingerprint density at radius 2 is 0.978 bits per heavy atom. The molecule has 0 spiro atoms. The second kappa shape index (κ2) is 15.6. The fourth-order valence-corrected chi connectivity index (χ4v) is 5.43. The van der Waals surface area contributed by atoms with Crippen molar-refractivity contribution in [2.75, 3.05) is 26.4 Å². The monoisotopic (exact) mass is 666 g/mol. The van der Waals surface area contributed by atoms with Crippen molar-refractivity contribution in [3.63, 3.8) is 0 Å². The van der Waals surface area contributed by atoms with Crippen LogP contribution >= 0.6 is 0 Å². The SMILES string of the molecule is OC[C@@H](O)[C@@H]1O[C@@H](OC[C@H]2O[C@H](O[C@H]3[C@@H](O)[C@H](O)[C@@H](CO)O[C@@H]3O)[C@@H](O)[C@@H](O)[C@@H]2O)[C@H](O[C@H]2O[C@H](CO)[C@@H](O)[C@H](O)[C@H]2O)[C@H]1O. The van der Waals surface area contributed by atoms with Gasteiger partial charge in [0.1, 0.15) is 97.7 Å². The fourth-order valence-electron chi connectivity index (χ4n) is 5.43. The van der Waals surface area contributed by atoms with Crippen LogP contribution in [0.5, 0.6) is 0 Å². The minimum atomic E-state index is -1.97. The van der Waals surface area contributed by atoms with Gasteiger partial charge in [-0.05, 0) is 0 Å². The Morgan fingerprint density at radius 3 is 1.53 bits per heavy atom. The maximum Gasteiger partial charge on any atom is 0.187 e. The first-order valence-corrected chi connectivity index (χ1v) is 14.1. The van der Waals surface area contributed by atoms with Gasteiger partial charge in [0.25, 0.3) is 0 Å². The first-order valence-electron chi connectivity index (χ1n) is 14.1. The first kappa shape index (κ1) is 37.0. The molecule has 0 saturated carbocycles. The Kier molecular flexibility index (Phi) is 12.8. The molecular formula is C24H42O21. The van der Waals surface area contributed by atoms with Crippen LogP contribution < -0.4 is 0 Å². The minimum absolute atomic E-state index is 0.736. The summed E-state index contributed by atoms with van der Waals surface area (Å²) in [5, 5.41) is 142. The van der Waals surface area contributed by atoms with Crippen molar-refractivity contribution in [1.29, 1.82) is 0 Å². The summed E-state index contributed by atoms with van der Waals surface area (Å²) in [6.07, 6.45) is -34.9. The van der Waals surface area contributed by atoms with E-state index in [2.05, 4.69) is 0 Å². The molecule has 0 aromatic rings. The topological polar surface area (TPSA) is 348 Å². The van der Waals surface area contributed by atoms with E-state index in [1.165, 1.54) is 0 Å². The highest BCUT2D eigenvalue weighted by Gasteiger charge is 2.54. The summed E-state index contributed by atoms with van der Waals surface area (Å²) in [5.74, 6) is 0. The van der Waals surface area contributed by atoms with Gasteiger partial charge in [-0.15, -0.1) is 0 Å². The Bertz CT molecular complexity index is 916. The molecule has 0 unspecified atom stereocenters. The van der Waals surface area contributed by atoms with E-state index in [1.807, 2.05) is 0 Å². The summed E-state index contributed by atoms with van der Waals surface area (Å²) in [6.45, 7) is -3.17. The molecule has 21 nitrogen and oxygen atoms in total. The summed E-state index contributed by atoms with van der Waals surface area (Å²) in [4.78, 5) is 0. The number of hydrogen-bond donors (Lipinski definition) is 14. The zero-order chi connectivity index (χ0) is 33.3. The third-order valence-corrected chi connectivity index (χ3v) is 8.17. The second-order valence-corrected chi connectivity index (χ2v) is 11.2. The highest BCUT2D eigenvalue weighted by molar-refractivity contribution is 4.96. The van der Waals surface area contributed by atoms with Crippen LogP contribution in [0.4, 0.5) is 0 Å². The van der Waals surface area contributed by atoms with Crippen LogP contribution in [0, 0.1) is 0 Å². The van der Waals surface area contributed by atoms with E-state index >= 15 is 0 Å². The van der Waals surface area contributed by atoms with E-state index in [4.69, 9.17) is 33.2 Å². The molecule has 4 saturated heterocycles. The lowest BCUT2D eigenvalue weighted by Gasteiger charge is -2.45. The van der Waals surface area contributed by atoms with Gasteiger partial charge in [-0.1, -0.05) is 0 Å². The molecule has 0 radical (unpaired) electrons. The number of aliphatic hydroxyl groups is 14. The average Bonchev–Trinajstić information content (AvgIpc) is 3.34. The van der Waals surface area contributed by atoms with Gasteiger partial charge in [-0.3, -0.25) is 0 Å². The third-order valence-electron chi connectivity index (χ3n) is 8.17. The van der Waals surface area contributed by atoms with Crippen LogP contribution in [0.1, 0.15) is 0 Å². The summed E-state index contributed by atoms with van der Waals surface area (Å²) in [6, 6.07) is 0. The highest BCUT2D eigenvalue weighted by atomic mass is 16.8. The Morgan fingerprint density at radius 1 is 0.489 bits per heavy atom. The van der Waals surface area contributed by atoms with Gasteiger partial charge in [0.15, 0.2) is 25.2 Å². The van der Waals surface area contributed by atoms with E-state index in [0.717, 1.165) is 0 Å². The molecule has 14 N–H and O–H groups in total. The van der Waals surface area contributed by atoms with Crippen molar-refractivity contribution < 1.29 is 105 Å². The first-order chi connectivity index (χ1) is 21.2. The van der Waals surface area contributed by atoms with E-state index in [-0.39, 0.29) is 0 Å². The fraction of sp³-hybridized carbons (Fsp3) is 1.00. The smallest absolute Gasteiger partial charge is 0.187 e. The van der Waals surface area contributed by atoms with Gasteiger partial charge in [-0.25, -0.2) is 0 Å². The quantitative estimate of drug-likeness (QED) is 0.0973. The molecule has 45 heavy (non-hydrogen) atoms. The summed E-state index contributed by atoms with van der Waals surface area (Å²) in [7, 11) is 0. The normalized spacial score (nSPS) is 51.7.